The van der Waals surface area contributed by atoms with Crippen LogP contribution in [-0.4, -0.2) is 40.2 Å². The minimum atomic E-state index is 0.341. The van der Waals surface area contributed by atoms with Gasteiger partial charge in [0.05, 0.1) is 13.7 Å². The van der Waals surface area contributed by atoms with E-state index in [0.717, 1.165) is 36.4 Å². The van der Waals surface area contributed by atoms with Gasteiger partial charge in [0, 0.05) is 38.8 Å². The lowest BCUT2D eigenvalue weighted by molar-refractivity contribution is 0.170. The maximum absolute atomic E-state index is 5.94. The summed E-state index contributed by atoms with van der Waals surface area (Å²) >= 11 is 0. The number of aliphatic imine (C=N–C) groups is 1. The molecule has 0 radical (unpaired) electrons. The minimum absolute atomic E-state index is 0.341. The number of rotatable bonds is 8. The minimum Gasteiger partial charge on any atom is -0.493 e. The molecule has 24 heavy (non-hydrogen) atoms. The van der Waals surface area contributed by atoms with E-state index in [1.54, 1.807) is 14.2 Å². The van der Waals surface area contributed by atoms with Gasteiger partial charge in [0.15, 0.2) is 11.5 Å². The van der Waals surface area contributed by atoms with Gasteiger partial charge in [-0.05, 0) is 41.5 Å². The van der Waals surface area contributed by atoms with Crippen molar-refractivity contribution in [3.63, 3.8) is 0 Å². The summed E-state index contributed by atoms with van der Waals surface area (Å²) in [6.45, 7) is 9.06. The molecule has 0 aliphatic carbocycles. The molecule has 1 heterocycles. The number of fused-ring (bicyclic) bond motifs is 1. The van der Waals surface area contributed by atoms with Crippen molar-refractivity contribution in [2.75, 3.05) is 34.0 Å². The van der Waals surface area contributed by atoms with E-state index in [4.69, 9.17) is 14.2 Å². The van der Waals surface area contributed by atoms with Crippen LogP contribution in [-0.2, 0) is 4.74 Å². The molecule has 1 aliphatic heterocycles. The number of nitrogens with zero attached hydrogens (tertiary/aromatic N) is 1. The molecule has 0 amide bonds. The third-order valence-electron chi connectivity index (χ3n) is 4.36. The van der Waals surface area contributed by atoms with Gasteiger partial charge in [0.2, 0.25) is 0 Å². The summed E-state index contributed by atoms with van der Waals surface area (Å²) in [7, 11) is 3.39. The highest BCUT2D eigenvalue weighted by molar-refractivity contribution is 5.85. The predicted molar refractivity (Wildman–Crippen MR) is 98.9 cm³/mol. The Morgan fingerprint density at radius 2 is 1.92 bits per heavy atom. The third-order valence-corrected chi connectivity index (χ3v) is 4.36. The van der Waals surface area contributed by atoms with Gasteiger partial charge in [-0.25, -0.2) is 0 Å². The Labute approximate surface area is 146 Å². The Hall–Kier alpha value is -1.55. The Morgan fingerprint density at radius 1 is 1.12 bits per heavy atom. The molecule has 0 saturated carbocycles. The first-order chi connectivity index (χ1) is 11.4. The standard InChI is InChI=1S/C20H31NO3/c1-20(2,3)8-7-15-13-21-14-16-11-18(23-5)19(12-17(15)16)24-10-6-9-22-4/h11-12,14-15H,6-10,13H2,1-5H3/t15-/m1/s1. The second kappa shape index (κ2) is 8.52. The molecule has 0 saturated heterocycles. The van der Waals surface area contributed by atoms with Crippen LogP contribution in [0.1, 0.15) is 57.1 Å². The largest absolute Gasteiger partial charge is 0.493 e. The van der Waals surface area contributed by atoms with Gasteiger partial charge < -0.3 is 14.2 Å². The van der Waals surface area contributed by atoms with Crippen LogP contribution >= 0.6 is 0 Å². The number of hydrogen-bond acceptors (Lipinski definition) is 4. The molecule has 0 N–H and O–H groups in total. The molecule has 134 valence electrons. The topological polar surface area (TPSA) is 40.0 Å². The van der Waals surface area contributed by atoms with Crippen molar-refractivity contribution in [2.45, 2.75) is 46.0 Å². The molecular formula is C20H31NO3. The quantitative estimate of drug-likeness (QED) is 0.660. The molecule has 1 aromatic carbocycles. The molecule has 4 heteroatoms. The van der Waals surface area contributed by atoms with E-state index in [1.165, 1.54) is 12.0 Å². The van der Waals surface area contributed by atoms with Crippen LogP contribution in [0.2, 0.25) is 0 Å². The lowest BCUT2D eigenvalue weighted by Crippen LogP contribution is -2.15. The van der Waals surface area contributed by atoms with Crippen LogP contribution in [0.3, 0.4) is 0 Å². The SMILES string of the molecule is COCCCOc1cc2c(cc1OC)C=NC[C@H]2CCC(C)(C)C. The van der Waals surface area contributed by atoms with Gasteiger partial charge in [-0.2, -0.15) is 0 Å². The molecule has 0 fully saturated rings. The fraction of sp³-hybridized carbons (Fsp3) is 0.650. The van der Waals surface area contributed by atoms with E-state index in [-0.39, 0.29) is 0 Å². The van der Waals surface area contributed by atoms with Crippen molar-refractivity contribution in [1.82, 2.24) is 0 Å². The molecule has 1 aliphatic rings. The highest BCUT2D eigenvalue weighted by atomic mass is 16.5. The first-order valence-corrected chi connectivity index (χ1v) is 8.78. The number of hydrogen-bond donors (Lipinski definition) is 0. The van der Waals surface area contributed by atoms with Crippen molar-refractivity contribution < 1.29 is 14.2 Å². The summed E-state index contributed by atoms with van der Waals surface area (Å²) in [5.41, 5.74) is 2.82. The summed E-state index contributed by atoms with van der Waals surface area (Å²) in [6, 6.07) is 4.20. The van der Waals surface area contributed by atoms with Gasteiger partial charge >= 0.3 is 0 Å². The maximum atomic E-state index is 5.94. The molecular weight excluding hydrogens is 302 g/mol. The summed E-state index contributed by atoms with van der Waals surface area (Å²) in [4.78, 5) is 4.55. The van der Waals surface area contributed by atoms with Crippen LogP contribution in [0.15, 0.2) is 17.1 Å². The van der Waals surface area contributed by atoms with Crippen LogP contribution in [0, 0.1) is 5.41 Å². The molecule has 4 nitrogen and oxygen atoms in total. The van der Waals surface area contributed by atoms with Crippen molar-refractivity contribution in [2.24, 2.45) is 10.4 Å². The summed E-state index contributed by atoms with van der Waals surface area (Å²) in [5.74, 6) is 2.05. The average molecular weight is 333 g/mol. The maximum Gasteiger partial charge on any atom is 0.161 e. The first kappa shape index (κ1) is 18.8. The molecule has 0 bridgehead atoms. The second-order valence-electron chi connectivity index (χ2n) is 7.62. The van der Waals surface area contributed by atoms with Crippen molar-refractivity contribution >= 4 is 6.21 Å². The van der Waals surface area contributed by atoms with Crippen molar-refractivity contribution in [1.29, 1.82) is 0 Å². The second-order valence-corrected chi connectivity index (χ2v) is 7.62. The van der Waals surface area contributed by atoms with Crippen LogP contribution < -0.4 is 9.47 Å². The van der Waals surface area contributed by atoms with Crippen LogP contribution in [0.25, 0.3) is 0 Å². The highest BCUT2D eigenvalue weighted by Gasteiger charge is 2.23. The summed E-state index contributed by atoms with van der Waals surface area (Å²) in [5, 5.41) is 0. The molecule has 1 aromatic rings. The summed E-state index contributed by atoms with van der Waals surface area (Å²) < 4.78 is 16.5. The number of methoxy groups -OCH3 is 2. The van der Waals surface area contributed by atoms with E-state index >= 15 is 0 Å². The summed E-state index contributed by atoms with van der Waals surface area (Å²) in [6.07, 6.45) is 5.15. The van der Waals surface area contributed by atoms with Gasteiger partial charge in [0.25, 0.3) is 0 Å². The smallest absolute Gasteiger partial charge is 0.161 e. The molecule has 0 unspecified atom stereocenters. The monoisotopic (exact) mass is 333 g/mol. The normalized spacial score (nSPS) is 16.8. The highest BCUT2D eigenvalue weighted by Crippen LogP contribution is 2.38. The first-order valence-electron chi connectivity index (χ1n) is 8.78. The van der Waals surface area contributed by atoms with Crippen LogP contribution in [0.4, 0.5) is 0 Å². The van der Waals surface area contributed by atoms with Crippen LogP contribution in [0.5, 0.6) is 11.5 Å². The van der Waals surface area contributed by atoms with E-state index < -0.39 is 0 Å². The van der Waals surface area contributed by atoms with E-state index in [9.17, 15) is 0 Å². The molecule has 0 spiro atoms. The Kier molecular flexibility index (Phi) is 6.67. The fourth-order valence-electron chi connectivity index (χ4n) is 2.95. The van der Waals surface area contributed by atoms with E-state index in [2.05, 4.69) is 31.8 Å². The number of benzene rings is 1. The lowest BCUT2D eigenvalue weighted by atomic mass is 9.82. The van der Waals surface area contributed by atoms with Crippen molar-refractivity contribution in [3.8, 4) is 11.5 Å². The lowest BCUT2D eigenvalue weighted by Gasteiger charge is -2.26. The van der Waals surface area contributed by atoms with Gasteiger partial charge in [-0.1, -0.05) is 20.8 Å². The zero-order chi connectivity index (χ0) is 17.6. The van der Waals surface area contributed by atoms with E-state index in [0.29, 0.717) is 24.5 Å². The Morgan fingerprint density at radius 3 is 2.58 bits per heavy atom. The van der Waals surface area contributed by atoms with E-state index in [1.807, 2.05) is 12.3 Å². The number of ether oxygens (including phenoxy) is 3. The molecule has 2 rings (SSSR count). The van der Waals surface area contributed by atoms with Gasteiger partial charge in [0.1, 0.15) is 0 Å². The predicted octanol–water partition coefficient (Wildman–Crippen LogP) is 4.45. The van der Waals surface area contributed by atoms with Crippen molar-refractivity contribution in [3.05, 3.63) is 23.3 Å². The molecule has 1 atom stereocenters. The van der Waals surface area contributed by atoms with Gasteiger partial charge in [-0.3, -0.25) is 4.99 Å². The third kappa shape index (κ3) is 5.23. The zero-order valence-corrected chi connectivity index (χ0v) is 15.7. The zero-order valence-electron chi connectivity index (χ0n) is 15.7. The van der Waals surface area contributed by atoms with Gasteiger partial charge in [-0.15, -0.1) is 0 Å². The Balaban J connectivity index is 2.17. The average Bonchev–Trinajstić information content (AvgIpc) is 2.55. The molecule has 0 aromatic heterocycles. The fourth-order valence-corrected chi connectivity index (χ4v) is 2.95. The Bertz CT molecular complexity index is 561.